The number of aliphatic hydroxyl groups is 1. The van der Waals surface area contributed by atoms with Gasteiger partial charge in [0.05, 0.1) is 68.4 Å². The highest BCUT2D eigenvalue weighted by Crippen LogP contribution is 2.29. The number of nitrogens with one attached hydrogen (secondary N) is 4. The fourth-order valence-electron chi connectivity index (χ4n) is 5.36. The summed E-state index contributed by atoms with van der Waals surface area (Å²) in [7, 11) is 0. The number of rotatable bonds is 22. The van der Waals surface area contributed by atoms with Crippen LogP contribution in [-0.4, -0.2) is 129 Å². The Labute approximate surface area is 320 Å². The Balaban J connectivity index is 1.47. The normalized spacial score (nSPS) is 16.0. The molecule has 0 bridgehead atoms. The summed E-state index contributed by atoms with van der Waals surface area (Å²) in [5.74, 6) is 0.497. The number of terminal acetylenes is 1. The van der Waals surface area contributed by atoms with Gasteiger partial charge in [-0.15, -0.1) is 17.8 Å². The highest BCUT2D eigenvalue weighted by molar-refractivity contribution is 7.13. The molecule has 1 aliphatic heterocycles. The summed E-state index contributed by atoms with van der Waals surface area (Å²) < 4.78 is 21.7. The van der Waals surface area contributed by atoms with Crippen LogP contribution in [0.5, 0.6) is 0 Å². The van der Waals surface area contributed by atoms with Crippen molar-refractivity contribution in [3.63, 3.8) is 0 Å². The topological polar surface area (TPSA) is 207 Å². The first-order valence-electron chi connectivity index (χ1n) is 17.6. The molecule has 17 heteroatoms. The van der Waals surface area contributed by atoms with E-state index in [1.807, 2.05) is 24.3 Å². The maximum absolute atomic E-state index is 13.8. The van der Waals surface area contributed by atoms with E-state index in [-0.39, 0.29) is 70.9 Å². The fourth-order valence-corrected chi connectivity index (χ4v) is 6.16. The van der Waals surface area contributed by atoms with Crippen molar-refractivity contribution < 1.29 is 48.0 Å². The zero-order valence-electron chi connectivity index (χ0n) is 31.3. The summed E-state index contributed by atoms with van der Waals surface area (Å²) in [4.78, 5) is 69.2. The van der Waals surface area contributed by atoms with E-state index in [4.69, 9.17) is 25.4 Å². The standard InChI is InChI=1S/C37H52N6O10S/c1-6-11-39-31(46)22-53-21-29-33(54-24-41-29)27-9-7-26(8-10-27)19-40-35(48)30-18-28(45)20-43(30)36(49)34(37(3,4)5)42-32(47)23-52-17-16-51-15-14-50-13-12-38-25(2)44/h1,7-10,24,28,30,34,45H,11-23H2,2-5H3,(H,38,44)(H,39,46)(H,40,48)(H,42,47)/t28-,30+,34-/m1/s1. The number of carbonyl (C=O) groups excluding carboxylic acids is 5. The summed E-state index contributed by atoms with van der Waals surface area (Å²) in [5.41, 5.74) is 3.38. The number of aliphatic hydroxyl groups excluding tert-OH is 1. The fraction of sp³-hybridized carbons (Fsp3) is 0.568. The van der Waals surface area contributed by atoms with Crippen LogP contribution in [0.3, 0.4) is 0 Å². The van der Waals surface area contributed by atoms with E-state index in [9.17, 15) is 29.1 Å². The maximum Gasteiger partial charge on any atom is 0.246 e. The molecule has 54 heavy (non-hydrogen) atoms. The monoisotopic (exact) mass is 772 g/mol. The average Bonchev–Trinajstić information content (AvgIpc) is 3.77. The Hall–Kier alpha value is -4.44. The number of hydrogen-bond donors (Lipinski definition) is 5. The third-order valence-electron chi connectivity index (χ3n) is 8.06. The van der Waals surface area contributed by atoms with E-state index >= 15 is 0 Å². The predicted molar refractivity (Wildman–Crippen MR) is 200 cm³/mol. The summed E-state index contributed by atoms with van der Waals surface area (Å²) in [5, 5.41) is 21.3. The lowest BCUT2D eigenvalue weighted by atomic mass is 9.85. The first kappa shape index (κ1) is 44.0. The van der Waals surface area contributed by atoms with Crippen LogP contribution in [0.2, 0.25) is 0 Å². The number of ether oxygens (including phenoxy) is 4. The van der Waals surface area contributed by atoms with Gasteiger partial charge < -0.3 is 50.2 Å². The molecule has 1 saturated heterocycles. The molecule has 0 radical (unpaired) electrons. The number of thiazole rings is 1. The molecule has 1 aromatic carbocycles. The molecule has 0 aliphatic carbocycles. The van der Waals surface area contributed by atoms with Crippen molar-refractivity contribution in [2.75, 3.05) is 65.9 Å². The number of β-amino-alcohol motifs (C(OH)–C–C–N with tert-alkyl or cyclic N) is 1. The second-order valence-electron chi connectivity index (χ2n) is 13.5. The molecule has 1 aliphatic rings. The van der Waals surface area contributed by atoms with Gasteiger partial charge >= 0.3 is 0 Å². The number of aromatic nitrogens is 1. The first-order valence-corrected chi connectivity index (χ1v) is 18.5. The van der Waals surface area contributed by atoms with Crippen LogP contribution in [0, 0.1) is 17.8 Å². The molecule has 5 amide bonds. The molecule has 3 rings (SSSR count). The van der Waals surface area contributed by atoms with E-state index in [0.717, 1.165) is 16.0 Å². The van der Waals surface area contributed by atoms with Gasteiger partial charge in [0, 0.05) is 33.0 Å². The summed E-state index contributed by atoms with van der Waals surface area (Å²) in [6.07, 6.45) is 4.31. The molecule has 5 N–H and O–H groups in total. The number of hydrogen-bond acceptors (Lipinski definition) is 12. The maximum atomic E-state index is 13.8. The van der Waals surface area contributed by atoms with Crippen LogP contribution in [0.4, 0.5) is 0 Å². The molecule has 296 valence electrons. The quantitative estimate of drug-likeness (QED) is 0.0817. The van der Waals surface area contributed by atoms with Crippen molar-refractivity contribution in [3.05, 3.63) is 41.0 Å². The van der Waals surface area contributed by atoms with Crippen molar-refractivity contribution >= 4 is 40.9 Å². The van der Waals surface area contributed by atoms with Gasteiger partial charge in [-0.3, -0.25) is 24.0 Å². The number of amides is 5. The van der Waals surface area contributed by atoms with Gasteiger partial charge in [0.1, 0.15) is 25.3 Å². The summed E-state index contributed by atoms with van der Waals surface area (Å²) in [6, 6.07) is 5.62. The molecular weight excluding hydrogens is 721 g/mol. The van der Waals surface area contributed by atoms with Crippen molar-refractivity contribution in [2.45, 2.75) is 65.5 Å². The van der Waals surface area contributed by atoms with Gasteiger partial charge in [-0.25, -0.2) is 4.98 Å². The van der Waals surface area contributed by atoms with Gasteiger partial charge in [-0.05, 0) is 16.5 Å². The third kappa shape index (κ3) is 15.1. The van der Waals surface area contributed by atoms with E-state index in [2.05, 4.69) is 32.2 Å². The van der Waals surface area contributed by atoms with Crippen molar-refractivity contribution in [3.8, 4) is 22.8 Å². The smallest absolute Gasteiger partial charge is 0.246 e. The number of likely N-dealkylation sites (tertiary alicyclic amines) is 1. The van der Waals surface area contributed by atoms with Crippen molar-refractivity contribution in [1.29, 1.82) is 0 Å². The Bertz CT molecular complexity index is 1570. The third-order valence-corrected chi connectivity index (χ3v) is 8.98. The van der Waals surface area contributed by atoms with Crippen LogP contribution in [0.1, 0.15) is 45.4 Å². The Morgan fingerprint density at radius 1 is 0.963 bits per heavy atom. The minimum atomic E-state index is -0.986. The Kier molecular flexibility index (Phi) is 18.5. The molecular formula is C37H52N6O10S. The lowest BCUT2D eigenvalue weighted by molar-refractivity contribution is -0.144. The van der Waals surface area contributed by atoms with Crippen molar-refractivity contribution in [2.24, 2.45) is 5.41 Å². The second kappa shape index (κ2) is 22.7. The average molecular weight is 773 g/mol. The van der Waals surface area contributed by atoms with Crippen LogP contribution in [0.15, 0.2) is 29.8 Å². The van der Waals surface area contributed by atoms with E-state index in [1.54, 1.807) is 26.3 Å². The molecule has 0 unspecified atom stereocenters. The van der Waals surface area contributed by atoms with E-state index in [1.165, 1.54) is 23.2 Å². The SMILES string of the molecule is C#CCNC(=O)COCc1ncsc1-c1ccc(CNC(=O)[C@@H]2C[C@@H](O)CN2C(=O)[C@@H](NC(=O)COCCOCCOCCNC(C)=O)C(C)(C)C)cc1. The second-order valence-corrected chi connectivity index (χ2v) is 14.4. The molecule has 0 saturated carbocycles. The molecule has 1 fully saturated rings. The minimum Gasteiger partial charge on any atom is -0.391 e. The summed E-state index contributed by atoms with van der Waals surface area (Å²) >= 11 is 1.44. The Morgan fingerprint density at radius 2 is 1.63 bits per heavy atom. The molecule has 1 aromatic heterocycles. The highest BCUT2D eigenvalue weighted by atomic mass is 32.1. The van der Waals surface area contributed by atoms with Gasteiger partial charge in [0.15, 0.2) is 0 Å². The van der Waals surface area contributed by atoms with Gasteiger partial charge in [0.2, 0.25) is 29.5 Å². The molecule has 0 spiro atoms. The van der Waals surface area contributed by atoms with Gasteiger partial charge in [0.25, 0.3) is 0 Å². The zero-order valence-corrected chi connectivity index (χ0v) is 32.1. The molecule has 3 atom stereocenters. The number of benzene rings is 1. The summed E-state index contributed by atoms with van der Waals surface area (Å²) in [6.45, 7) is 8.66. The minimum absolute atomic E-state index is 0.0463. The van der Waals surface area contributed by atoms with Crippen LogP contribution >= 0.6 is 11.3 Å². The van der Waals surface area contributed by atoms with Crippen LogP contribution < -0.4 is 21.3 Å². The lowest BCUT2D eigenvalue weighted by Crippen LogP contribution is -2.58. The predicted octanol–water partition coefficient (Wildman–Crippen LogP) is 0.371. The highest BCUT2D eigenvalue weighted by Gasteiger charge is 2.44. The van der Waals surface area contributed by atoms with Gasteiger partial charge in [-0.2, -0.15) is 0 Å². The van der Waals surface area contributed by atoms with E-state index < -0.39 is 41.3 Å². The van der Waals surface area contributed by atoms with Crippen LogP contribution in [-0.2, 0) is 56.1 Å². The molecule has 2 aromatic rings. The first-order chi connectivity index (χ1) is 25.8. The number of nitrogens with zero attached hydrogens (tertiary/aromatic N) is 2. The number of carbonyl (C=O) groups is 5. The lowest BCUT2D eigenvalue weighted by Gasteiger charge is -2.35. The Morgan fingerprint density at radius 3 is 2.30 bits per heavy atom. The van der Waals surface area contributed by atoms with E-state index in [0.29, 0.717) is 32.1 Å². The zero-order chi connectivity index (χ0) is 39.5. The molecule has 16 nitrogen and oxygen atoms in total. The van der Waals surface area contributed by atoms with Crippen molar-refractivity contribution in [1.82, 2.24) is 31.2 Å². The molecule has 2 heterocycles. The van der Waals surface area contributed by atoms with Crippen LogP contribution in [0.25, 0.3) is 10.4 Å². The van der Waals surface area contributed by atoms with Gasteiger partial charge in [-0.1, -0.05) is 51.0 Å². The largest absolute Gasteiger partial charge is 0.391 e.